The topological polar surface area (TPSA) is 42.1 Å². The van der Waals surface area contributed by atoms with Crippen LogP contribution in [0, 0.1) is 0 Å². The van der Waals surface area contributed by atoms with E-state index in [1.54, 1.807) is 6.07 Å². The van der Waals surface area contributed by atoms with E-state index < -0.39 is 0 Å². The van der Waals surface area contributed by atoms with Gasteiger partial charge in [0.25, 0.3) is 0 Å². The molecule has 0 fully saturated rings. The molecule has 0 saturated heterocycles. The molecule has 0 aliphatic heterocycles. The summed E-state index contributed by atoms with van der Waals surface area (Å²) < 4.78 is 5.53. The maximum Gasteiger partial charge on any atom is 0.340 e. The average molecular weight is 340 g/mol. The van der Waals surface area contributed by atoms with Crippen molar-refractivity contribution >= 4 is 28.5 Å². The summed E-state index contributed by atoms with van der Waals surface area (Å²) in [5, 5.41) is 1.39. The van der Waals surface area contributed by atoms with Crippen molar-refractivity contribution in [1.29, 1.82) is 0 Å². The number of rotatable bonds is 3. The Hall–Kier alpha value is -2.26. The summed E-state index contributed by atoms with van der Waals surface area (Å²) in [6.07, 6.45) is 4.33. The monoisotopic (exact) mass is 339 g/mol. The molecule has 24 heavy (non-hydrogen) atoms. The van der Waals surface area contributed by atoms with Crippen LogP contribution in [0.3, 0.4) is 0 Å². The van der Waals surface area contributed by atoms with Gasteiger partial charge in [0.15, 0.2) is 0 Å². The third-order valence-corrected chi connectivity index (χ3v) is 4.94. The summed E-state index contributed by atoms with van der Waals surface area (Å²) in [5.74, 6) is -0.359. The normalized spacial score (nSPS) is 13.7. The maximum absolute atomic E-state index is 12.7. The summed E-state index contributed by atoms with van der Waals surface area (Å²) in [7, 11) is 0. The van der Waals surface area contributed by atoms with Crippen molar-refractivity contribution in [3.05, 3.63) is 69.9 Å². The number of carbonyl (C=O) groups is 1. The summed E-state index contributed by atoms with van der Waals surface area (Å²) in [6.45, 7) is 0.249. The number of hydrogen-bond donors (Lipinski definition) is 1. The number of benzene rings is 2. The Morgan fingerprint density at radius 1 is 1.08 bits per heavy atom. The first-order valence-electron chi connectivity index (χ1n) is 8.27. The van der Waals surface area contributed by atoms with E-state index in [0.717, 1.165) is 35.7 Å². The summed E-state index contributed by atoms with van der Waals surface area (Å²) in [5.41, 5.74) is 4.88. The fourth-order valence-corrected chi connectivity index (χ4v) is 3.71. The van der Waals surface area contributed by atoms with Crippen molar-refractivity contribution in [3.63, 3.8) is 0 Å². The molecule has 4 rings (SSSR count). The second-order valence-corrected chi connectivity index (χ2v) is 6.60. The molecule has 0 saturated carbocycles. The second-order valence-electron chi connectivity index (χ2n) is 6.20. The molecule has 1 heterocycles. The largest absolute Gasteiger partial charge is 0.457 e. The first-order chi connectivity index (χ1) is 11.7. The number of hydrogen-bond acceptors (Lipinski definition) is 2. The van der Waals surface area contributed by atoms with Gasteiger partial charge in [-0.3, -0.25) is 0 Å². The lowest BCUT2D eigenvalue weighted by molar-refractivity contribution is 0.0475. The second kappa shape index (κ2) is 6.33. The quantitative estimate of drug-likeness (QED) is 0.678. The van der Waals surface area contributed by atoms with Crippen LogP contribution in [0.25, 0.3) is 10.9 Å². The first-order valence-corrected chi connectivity index (χ1v) is 8.65. The zero-order valence-electron chi connectivity index (χ0n) is 13.3. The van der Waals surface area contributed by atoms with E-state index >= 15 is 0 Å². The highest BCUT2D eigenvalue weighted by Crippen LogP contribution is 2.35. The number of halogens is 1. The zero-order valence-corrected chi connectivity index (χ0v) is 14.0. The van der Waals surface area contributed by atoms with Crippen molar-refractivity contribution in [2.45, 2.75) is 32.3 Å². The van der Waals surface area contributed by atoms with E-state index in [4.69, 9.17) is 16.3 Å². The van der Waals surface area contributed by atoms with Gasteiger partial charge in [-0.15, -0.1) is 0 Å². The summed E-state index contributed by atoms with van der Waals surface area (Å²) in [6, 6.07) is 13.4. The van der Waals surface area contributed by atoms with Crippen molar-refractivity contribution in [3.8, 4) is 0 Å². The van der Waals surface area contributed by atoms with Crippen molar-refractivity contribution < 1.29 is 9.53 Å². The van der Waals surface area contributed by atoms with Crippen LogP contribution in [0.5, 0.6) is 0 Å². The predicted octanol–water partition coefficient (Wildman–Crippen LogP) is 5.06. The minimum atomic E-state index is -0.359. The average Bonchev–Trinajstić information content (AvgIpc) is 2.99. The fraction of sp³-hybridized carbons (Fsp3) is 0.250. The van der Waals surface area contributed by atoms with E-state index in [2.05, 4.69) is 4.98 Å². The maximum atomic E-state index is 12.7. The Morgan fingerprint density at radius 2 is 1.88 bits per heavy atom. The van der Waals surface area contributed by atoms with Gasteiger partial charge in [-0.25, -0.2) is 4.79 Å². The number of ether oxygens (including phenoxy) is 1. The Kier molecular flexibility index (Phi) is 4.03. The van der Waals surface area contributed by atoms with Crippen LogP contribution in [0.1, 0.15) is 40.0 Å². The number of aromatic amines is 1. The molecule has 4 heteroatoms. The minimum absolute atomic E-state index is 0.249. The number of nitrogens with one attached hydrogen (secondary N) is 1. The number of fused-ring (bicyclic) bond motifs is 3. The molecule has 0 radical (unpaired) electrons. The molecule has 122 valence electrons. The lowest BCUT2D eigenvalue weighted by Crippen LogP contribution is -2.08. The molecule has 0 spiro atoms. The lowest BCUT2D eigenvalue weighted by Gasteiger charge is -2.13. The molecule has 0 atom stereocenters. The van der Waals surface area contributed by atoms with Gasteiger partial charge >= 0.3 is 5.97 Å². The molecule has 1 N–H and O–H groups in total. The Bertz CT molecular complexity index is 899. The van der Waals surface area contributed by atoms with E-state index in [-0.39, 0.29) is 12.6 Å². The van der Waals surface area contributed by atoms with E-state index in [9.17, 15) is 4.79 Å². The molecule has 2 aromatic carbocycles. The minimum Gasteiger partial charge on any atom is -0.457 e. The number of aromatic nitrogens is 1. The van der Waals surface area contributed by atoms with Crippen molar-refractivity contribution in [2.24, 2.45) is 0 Å². The van der Waals surface area contributed by atoms with Crippen LogP contribution in [0.4, 0.5) is 0 Å². The molecule has 0 amide bonds. The standard InChI is InChI=1S/C20H18ClNO2/c21-15-10-11-17-18(14-8-4-5-9-16(14)22-17)19(15)20(23)24-12-13-6-2-1-3-7-13/h1-3,6-7,10-11,22H,4-5,8-9,12H2. The van der Waals surface area contributed by atoms with Gasteiger partial charge in [-0.2, -0.15) is 0 Å². The van der Waals surface area contributed by atoms with Crippen molar-refractivity contribution in [1.82, 2.24) is 4.98 Å². The molecule has 0 unspecified atom stereocenters. The van der Waals surface area contributed by atoms with Crippen LogP contribution in [-0.2, 0) is 24.2 Å². The fourth-order valence-electron chi connectivity index (χ4n) is 3.47. The van der Waals surface area contributed by atoms with Crippen LogP contribution in [0.2, 0.25) is 5.02 Å². The van der Waals surface area contributed by atoms with Gasteiger partial charge < -0.3 is 9.72 Å². The van der Waals surface area contributed by atoms with Gasteiger partial charge in [0.2, 0.25) is 0 Å². The third-order valence-electron chi connectivity index (χ3n) is 4.63. The van der Waals surface area contributed by atoms with Crippen LogP contribution in [0.15, 0.2) is 42.5 Å². The highest BCUT2D eigenvalue weighted by molar-refractivity contribution is 6.35. The molecule has 0 bridgehead atoms. The molecule has 3 nitrogen and oxygen atoms in total. The van der Waals surface area contributed by atoms with Gasteiger partial charge in [0.1, 0.15) is 6.61 Å². The highest BCUT2D eigenvalue weighted by atomic mass is 35.5. The van der Waals surface area contributed by atoms with E-state index in [1.165, 1.54) is 17.7 Å². The Balaban J connectivity index is 1.71. The molecular weight excluding hydrogens is 322 g/mol. The zero-order chi connectivity index (χ0) is 16.5. The summed E-state index contributed by atoms with van der Waals surface area (Å²) >= 11 is 6.36. The van der Waals surface area contributed by atoms with Crippen LogP contribution in [-0.4, -0.2) is 11.0 Å². The number of H-pyrrole nitrogens is 1. The Morgan fingerprint density at radius 3 is 2.71 bits per heavy atom. The number of aryl methyl sites for hydroxylation is 2. The van der Waals surface area contributed by atoms with E-state index in [0.29, 0.717) is 10.6 Å². The smallest absolute Gasteiger partial charge is 0.340 e. The Labute approximate surface area is 145 Å². The van der Waals surface area contributed by atoms with Gasteiger partial charge in [-0.05, 0) is 48.9 Å². The summed E-state index contributed by atoms with van der Waals surface area (Å²) in [4.78, 5) is 16.2. The molecule has 1 aliphatic rings. The first kappa shape index (κ1) is 15.3. The predicted molar refractivity (Wildman–Crippen MR) is 95.5 cm³/mol. The lowest BCUT2D eigenvalue weighted by atomic mass is 9.94. The van der Waals surface area contributed by atoms with Crippen LogP contribution >= 0.6 is 11.6 Å². The van der Waals surface area contributed by atoms with Crippen molar-refractivity contribution in [2.75, 3.05) is 0 Å². The molecule has 1 aromatic heterocycles. The van der Waals surface area contributed by atoms with Crippen LogP contribution < -0.4 is 0 Å². The van der Waals surface area contributed by atoms with Gasteiger partial charge in [0, 0.05) is 16.6 Å². The molecular formula is C20H18ClNO2. The number of esters is 1. The van der Waals surface area contributed by atoms with E-state index in [1.807, 2.05) is 36.4 Å². The third kappa shape index (κ3) is 2.69. The number of carbonyl (C=O) groups excluding carboxylic acids is 1. The van der Waals surface area contributed by atoms with Gasteiger partial charge in [-0.1, -0.05) is 41.9 Å². The highest BCUT2D eigenvalue weighted by Gasteiger charge is 2.23. The molecule has 3 aromatic rings. The van der Waals surface area contributed by atoms with Gasteiger partial charge in [0.05, 0.1) is 10.6 Å². The SMILES string of the molecule is O=C(OCc1ccccc1)c1c(Cl)ccc2[nH]c3c(c12)CCCC3. The molecule has 1 aliphatic carbocycles.